The fourth-order valence-electron chi connectivity index (χ4n) is 1.58. The Bertz CT molecular complexity index is 422. The minimum absolute atomic E-state index is 0.0802. The van der Waals surface area contributed by atoms with Gasteiger partial charge in [-0.05, 0) is 12.5 Å². The van der Waals surface area contributed by atoms with Gasteiger partial charge in [-0.2, -0.15) is 12.6 Å². The van der Waals surface area contributed by atoms with Crippen LogP contribution in [0.4, 0.5) is 0 Å². The van der Waals surface area contributed by atoms with Crippen molar-refractivity contribution in [3.63, 3.8) is 0 Å². The van der Waals surface area contributed by atoms with E-state index in [1.54, 1.807) is 6.92 Å². The third kappa shape index (κ3) is 3.50. The molecule has 0 aliphatic carbocycles. The zero-order chi connectivity index (χ0) is 13.6. The van der Waals surface area contributed by atoms with Crippen molar-refractivity contribution in [2.45, 2.75) is 18.8 Å². The number of carboxylic acid groups (broad SMARTS) is 1. The van der Waals surface area contributed by atoms with E-state index in [4.69, 9.17) is 5.11 Å². The van der Waals surface area contributed by atoms with Gasteiger partial charge in [0.25, 0.3) is 0 Å². The van der Waals surface area contributed by atoms with Crippen molar-refractivity contribution in [2.75, 3.05) is 12.3 Å². The number of carboxylic acids is 1. The van der Waals surface area contributed by atoms with Gasteiger partial charge in [-0.15, -0.1) is 0 Å². The summed E-state index contributed by atoms with van der Waals surface area (Å²) in [6.07, 6.45) is -0.0802. The van der Waals surface area contributed by atoms with Crippen LogP contribution in [0.15, 0.2) is 30.3 Å². The van der Waals surface area contributed by atoms with Gasteiger partial charge in [-0.3, -0.25) is 9.59 Å². The van der Waals surface area contributed by atoms with Crippen molar-refractivity contribution >= 4 is 24.5 Å². The lowest BCUT2D eigenvalue weighted by atomic mass is 9.83. The lowest BCUT2D eigenvalue weighted by Gasteiger charge is -2.27. The minimum atomic E-state index is -0.928. The second-order valence-electron chi connectivity index (χ2n) is 4.26. The molecule has 1 amide bonds. The van der Waals surface area contributed by atoms with Crippen LogP contribution in [0.1, 0.15) is 18.9 Å². The maximum absolute atomic E-state index is 12.1. The van der Waals surface area contributed by atoms with Gasteiger partial charge in [0.1, 0.15) is 0 Å². The summed E-state index contributed by atoms with van der Waals surface area (Å²) in [5.74, 6) is -0.775. The fourth-order valence-corrected chi connectivity index (χ4v) is 1.90. The van der Waals surface area contributed by atoms with E-state index in [9.17, 15) is 9.59 Å². The summed E-state index contributed by atoms with van der Waals surface area (Å²) in [5.41, 5.74) is 0.121. The van der Waals surface area contributed by atoms with E-state index < -0.39 is 11.4 Å². The largest absolute Gasteiger partial charge is 0.481 e. The van der Waals surface area contributed by atoms with Crippen LogP contribution < -0.4 is 5.32 Å². The summed E-state index contributed by atoms with van der Waals surface area (Å²) < 4.78 is 0. The summed E-state index contributed by atoms with van der Waals surface area (Å²) in [5, 5.41) is 11.2. The van der Waals surface area contributed by atoms with Gasteiger partial charge >= 0.3 is 5.97 Å². The number of carbonyl (C=O) groups excluding carboxylic acids is 1. The van der Waals surface area contributed by atoms with Crippen molar-refractivity contribution in [1.29, 1.82) is 0 Å². The number of nitrogens with one attached hydrogen (secondary N) is 1. The van der Waals surface area contributed by atoms with E-state index in [2.05, 4.69) is 17.9 Å². The van der Waals surface area contributed by atoms with Gasteiger partial charge in [0.15, 0.2) is 0 Å². The Hall–Kier alpha value is -1.49. The zero-order valence-electron chi connectivity index (χ0n) is 10.2. The Kier molecular flexibility index (Phi) is 5.22. The molecule has 0 aromatic heterocycles. The molecule has 0 fully saturated rings. The van der Waals surface area contributed by atoms with Crippen LogP contribution >= 0.6 is 12.6 Å². The average Bonchev–Trinajstić information content (AvgIpc) is 2.38. The molecule has 1 rings (SSSR count). The van der Waals surface area contributed by atoms with Crippen LogP contribution in [-0.2, 0) is 15.0 Å². The predicted molar refractivity (Wildman–Crippen MR) is 72.9 cm³/mol. The average molecular weight is 267 g/mol. The lowest BCUT2D eigenvalue weighted by molar-refractivity contribution is -0.137. The Morgan fingerprint density at radius 1 is 1.33 bits per heavy atom. The number of hydrogen-bond donors (Lipinski definition) is 3. The molecular formula is C13H17NO3S. The van der Waals surface area contributed by atoms with Crippen molar-refractivity contribution in [3.8, 4) is 0 Å². The molecule has 0 saturated carbocycles. The third-order valence-electron chi connectivity index (χ3n) is 2.85. The van der Waals surface area contributed by atoms with E-state index in [-0.39, 0.29) is 18.9 Å². The highest BCUT2D eigenvalue weighted by Gasteiger charge is 2.33. The maximum Gasteiger partial charge on any atom is 0.305 e. The molecule has 0 bridgehead atoms. The van der Waals surface area contributed by atoms with Crippen molar-refractivity contribution in [1.82, 2.24) is 5.32 Å². The highest BCUT2D eigenvalue weighted by Crippen LogP contribution is 2.25. The Morgan fingerprint density at radius 2 is 1.94 bits per heavy atom. The summed E-state index contributed by atoms with van der Waals surface area (Å²) in [6.45, 7) is 1.93. The molecule has 4 nitrogen and oxygen atoms in total. The van der Waals surface area contributed by atoms with E-state index in [0.717, 1.165) is 5.56 Å². The Balaban J connectivity index is 2.75. The number of amides is 1. The van der Waals surface area contributed by atoms with Gasteiger partial charge in [0, 0.05) is 12.3 Å². The molecule has 5 heteroatoms. The second-order valence-corrected chi connectivity index (χ2v) is 4.57. The fraction of sp³-hybridized carbons (Fsp3) is 0.385. The monoisotopic (exact) mass is 267 g/mol. The van der Waals surface area contributed by atoms with Crippen molar-refractivity contribution < 1.29 is 14.7 Å². The van der Waals surface area contributed by atoms with Crippen LogP contribution in [0.5, 0.6) is 0 Å². The van der Waals surface area contributed by atoms with Gasteiger partial charge < -0.3 is 10.4 Å². The topological polar surface area (TPSA) is 66.4 Å². The number of benzene rings is 1. The molecule has 0 saturated heterocycles. The summed E-state index contributed by atoms with van der Waals surface area (Å²) >= 11 is 4.24. The van der Waals surface area contributed by atoms with E-state index >= 15 is 0 Å². The quantitative estimate of drug-likeness (QED) is 0.684. The molecule has 0 radical (unpaired) electrons. The first-order valence-electron chi connectivity index (χ1n) is 5.67. The van der Waals surface area contributed by atoms with Crippen LogP contribution in [0.25, 0.3) is 0 Å². The first-order chi connectivity index (χ1) is 8.50. The number of hydrogen-bond acceptors (Lipinski definition) is 3. The van der Waals surface area contributed by atoms with Gasteiger partial charge in [-0.25, -0.2) is 0 Å². The molecule has 1 unspecified atom stereocenters. The van der Waals surface area contributed by atoms with Gasteiger partial charge in [-0.1, -0.05) is 30.3 Å². The molecule has 98 valence electrons. The van der Waals surface area contributed by atoms with E-state index in [1.807, 2.05) is 30.3 Å². The molecule has 1 atom stereocenters. The third-order valence-corrected chi connectivity index (χ3v) is 3.49. The number of aliphatic carboxylic acids is 1. The van der Waals surface area contributed by atoms with Gasteiger partial charge in [0.05, 0.1) is 11.8 Å². The van der Waals surface area contributed by atoms with Crippen LogP contribution in [0, 0.1) is 0 Å². The lowest BCUT2D eigenvalue weighted by Crippen LogP contribution is -2.44. The first-order valence-corrected chi connectivity index (χ1v) is 6.30. The normalized spacial score (nSPS) is 13.7. The molecule has 1 aromatic carbocycles. The molecule has 0 heterocycles. The summed E-state index contributed by atoms with van der Waals surface area (Å²) in [4.78, 5) is 22.5. The van der Waals surface area contributed by atoms with E-state index in [0.29, 0.717) is 5.75 Å². The van der Waals surface area contributed by atoms with Crippen molar-refractivity contribution in [2.24, 2.45) is 0 Å². The highest BCUT2D eigenvalue weighted by molar-refractivity contribution is 7.80. The maximum atomic E-state index is 12.1. The Labute approximate surface area is 112 Å². The van der Waals surface area contributed by atoms with Crippen LogP contribution in [0.3, 0.4) is 0 Å². The first kappa shape index (κ1) is 14.6. The summed E-state index contributed by atoms with van der Waals surface area (Å²) in [6, 6.07) is 9.34. The minimum Gasteiger partial charge on any atom is -0.481 e. The molecule has 2 N–H and O–H groups in total. The smallest absolute Gasteiger partial charge is 0.305 e. The van der Waals surface area contributed by atoms with Gasteiger partial charge in [0.2, 0.25) is 5.91 Å². The Morgan fingerprint density at radius 3 is 2.44 bits per heavy atom. The number of carbonyl (C=O) groups is 2. The zero-order valence-corrected chi connectivity index (χ0v) is 11.1. The second kappa shape index (κ2) is 6.44. The predicted octanol–water partition coefficient (Wildman–Crippen LogP) is 1.47. The number of thiol groups is 1. The molecule has 0 aliphatic rings. The number of rotatable bonds is 6. The highest BCUT2D eigenvalue weighted by atomic mass is 32.1. The molecule has 1 aromatic rings. The molecule has 18 heavy (non-hydrogen) atoms. The SMILES string of the molecule is CC(CS)(C(=O)NCCC(=O)O)c1ccccc1. The molecular weight excluding hydrogens is 250 g/mol. The van der Waals surface area contributed by atoms with Crippen LogP contribution in [-0.4, -0.2) is 29.3 Å². The molecule has 0 aliphatic heterocycles. The molecule has 0 spiro atoms. The standard InChI is InChI=1S/C13H17NO3S/c1-13(9-18,10-5-3-2-4-6-10)12(17)14-8-7-11(15)16/h2-6,18H,7-9H2,1H3,(H,14,17)(H,15,16). The van der Waals surface area contributed by atoms with Crippen LogP contribution in [0.2, 0.25) is 0 Å². The summed E-state index contributed by atoms with van der Waals surface area (Å²) in [7, 11) is 0. The van der Waals surface area contributed by atoms with Crippen molar-refractivity contribution in [3.05, 3.63) is 35.9 Å². The van der Waals surface area contributed by atoms with E-state index in [1.165, 1.54) is 0 Å².